The van der Waals surface area contributed by atoms with E-state index in [-0.39, 0.29) is 11.9 Å². The van der Waals surface area contributed by atoms with Crippen LogP contribution in [0.25, 0.3) is 0 Å². The van der Waals surface area contributed by atoms with Crippen molar-refractivity contribution in [1.82, 2.24) is 10.6 Å². The van der Waals surface area contributed by atoms with Crippen molar-refractivity contribution in [3.05, 3.63) is 0 Å². The maximum Gasteiger partial charge on any atom is 0.237 e. The average molecular weight is 250 g/mol. The molecule has 2 saturated carbocycles. The third kappa shape index (κ3) is 2.56. The molecule has 3 aliphatic rings. The Morgan fingerprint density at radius 2 is 2.11 bits per heavy atom. The minimum atomic E-state index is 0.0624. The van der Waals surface area contributed by atoms with Gasteiger partial charge in [-0.2, -0.15) is 0 Å². The molecule has 0 aromatic carbocycles. The molecule has 1 amide bonds. The van der Waals surface area contributed by atoms with E-state index in [0.29, 0.717) is 6.04 Å². The minimum Gasteiger partial charge on any atom is -0.354 e. The molecule has 3 heteroatoms. The SMILES string of the molecule is CC1CCCC(C(=O)NCC2CC3CCC2C3)N1. The highest BCUT2D eigenvalue weighted by atomic mass is 16.2. The fourth-order valence-electron chi connectivity index (χ4n) is 4.33. The largest absolute Gasteiger partial charge is 0.354 e. The van der Waals surface area contributed by atoms with E-state index >= 15 is 0 Å². The number of nitrogens with one attached hydrogen (secondary N) is 2. The number of rotatable bonds is 3. The van der Waals surface area contributed by atoms with E-state index in [1.165, 1.54) is 38.5 Å². The first-order chi connectivity index (χ1) is 8.72. The summed E-state index contributed by atoms with van der Waals surface area (Å²) in [6.07, 6.45) is 9.03. The Hall–Kier alpha value is -0.570. The number of carbonyl (C=O) groups is 1. The van der Waals surface area contributed by atoms with Gasteiger partial charge in [0.25, 0.3) is 0 Å². The van der Waals surface area contributed by atoms with E-state index in [2.05, 4.69) is 17.6 Å². The van der Waals surface area contributed by atoms with Crippen LogP contribution in [0.1, 0.15) is 51.9 Å². The van der Waals surface area contributed by atoms with Gasteiger partial charge in [0, 0.05) is 12.6 Å². The van der Waals surface area contributed by atoms with Gasteiger partial charge in [0.15, 0.2) is 0 Å². The van der Waals surface area contributed by atoms with E-state index < -0.39 is 0 Å². The maximum absolute atomic E-state index is 12.1. The number of amides is 1. The van der Waals surface area contributed by atoms with E-state index in [4.69, 9.17) is 0 Å². The van der Waals surface area contributed by atoms with Crippen LogP contribution in [0.5, 0.6) is 0 Å². The van der Waals surface area contributed by atoms with Crippen molar-refractivity contribution in [2.24, 2.45) is 17.8 Å². The molecule has 102 valence electrons. The summed E-state index contributed by atoms with van der Waals surface area (Å²) in [6, 6.07) is 0.560. The molecule has 3 fully saturated rings. The molecule has 5 atom stereocenters. The molecule has 0 aromatic heterocycles. The molecule has 2 N–H and O–H groups in total. The zero-order valence-corrected chi connectivity index (χ0v) is 11.5. The van der Waals surface area contributed by atoms with Gasteiger partial charge in [-0.1, -0.05) is 6.42 Å². The van der Waals surface area contributed by atoms with Crippen molar-refractivity contribution in [1.29, 1.82) is 0 Å². The normalized spacial score (nSPS) is 43.1. The lowest BCUT2D eigenvalue weighted by molar-refractivity contribution is -0.124. The quantitative estimate of drug-likeness (QED) is 0.805. The predicted molar refractivity (Wildman–Crippen MR) is 72.2 cm³/mol. The Morgan fingerprint density at radius 1 is 1.22 bits per heavy atom. The molecule has 1 aliphatic heterocycles. The number of carbonyl (C=O) groups excluding carboxylic acids is 1. The molecule has 2 bridgehead atoms. The summed E-state index contributed by atoms with van der Waals surface area (Å²) in [5.74, 6) is 2.90. The molecule has 2 aliphatic carbocycles. The van der Waals surface area contributed by atoms with Crippen LogP contribution in [0.2, 0.25) is 0 Å². The predicted octanol–water partition coefficient (Wildman–Crippen LogP) is 2.07. The van der Waals surface area contributed by atoms with Gasteiger partial charge in [-0.3, -0.25) is 4.79 Å². The van der Waals surface area contributed by atoms with Gasteiger partial charge in [0.05, 0.1) is 6.04 Å². The number of piperidine rings is 1. The van der Waals surface area contributed by atoms with E-state index in [9.17, 15) is 4.79 Å². The summed E-state index contributed by atoms with van der Waals surface area (Å²) < 4.78 is 0. The zero-order valence-electron chi connectivity index (χ0n) is 11.5. The van der Waals surface area contributed by atoms with Crippen molar-refractivity contribution >= 4 is 5.91 Å². The Bertz CT molecular complexity index is 318. The van der Waals surface area contributed by atoms with Crippen molar-refractivity contribution < 1.29 is 4.79 Å². The highest BCUT2D eigenvalue weighted by molar-refractivity contribution is 5.81. The Morgan fingerprint density at radius 3 is 2.78 bits per heavy atom. The molecule has 1 heterocycles. The Kier molecular flexibility index (Phi) is 3.60. The molecule has 0 aromatic rings. The number of hydrogen-bond donors (Lipinski definition) is 2. The highest BCUT2D eigenvalue weighted by Gasteiger charge is 2.39. The second-order valence-electron chi connectivity index (χ2n) is 6.73. The first-order valence-electron chi connectivity index (χ1n) is 7.76. The lowest BCUT2D eigenvalue weighted by atomic mass is 9.88. The van der Waals surface area contributed by atoms with Crippen LogP contribution in [0.15, 0.2) is 0 Å². The van der Waals surface area contributed by atoms with Gasteiger partial charge < -0.3 is 10.6 Å². The summed E-state index contributed by atoms with van der Waals surface area (Å²) in [5.41, 5.74) is 0. The van der Waals surface area contributed by atoms with Crippen LogP contribution in [-0.4, -0.2) is 24.5 Å². The van der Waals surface area contributed by atoms with Crippen LogP contribution in [-0.2, 0) is 4.79 Å². The van der Waals surface area contributed by atoms with Crippen molar-refractivity contribution in [3.8, 4) is 0 Å². The molecule has 3 rings (SSSR count). The van der Waals surface area contributed by atoms with Gasteiger partial charge in [0.2, 0.25) is 5.91 Å². The van der Waals surface area contributed by atoms with E-state index in [1.54, 1.807) is 0 Å². The van der Waals surface area contributed by atoms with Crippen LogP contribution >= 0.6 is 0 Å². The monoisotopic (exact) mass is 250 g/mol. The van der Waals surface area contributed by atoms with Gasteiger partial charge in [-0.15, -0.1) is 0 Å². The summed E-state index contributed by atoms with van der Waals surface area (Å²) in [6.45, 7) is 3.10. The fraction of sp³-hybridized carbons (Fsp3) is 0.933. The van der Waals surface area contributed by atoms with Gasteiger partial charge in [-0.25, -0.2) is 0 Å². The second-order valence-corrected chi connectivity index (χ2v) is 6.73. The third-order valence-corrected chi connectivity index (χ3v) is 5.36. The standard InChI is InChI=1S/C15H26N2O/c1-10-3-2-4-14(17-10)15(18)16-9-13-8-11-5-6-12(13)7-11/h10-14,17H,2-9H2,1H3,(H,16,18). The lowest BCUT2D eigenvalue weighted by Gasteiger charge is -2.29. The van der Waals surface area contributed by atoms with Crippen LogP contribution < -0.4 is 10.6 Å². The summed E-state index contributed by atoms with van der Waals surface area (Å²) in [5, 5.41) is 6.61. The molecule has 0 spiro atoms. The molecular weight excluding hydrogens is 224 g/mol. The van der Waals surface area contributed by atoms with Gasteiger partial charge >= 0.3 is 0 Å². The smallest absolute Gasteiger partial charge is 0.237 e. The molecule has 0 radical (unpaired) electrons. The van der Waals surface area contributed by atoms with Crippen molar-refractivity contribution in [2.45, 2.75) is 64.0 Å². The van der Waals surface area contributed by atoms with Crippen LogP contribution in [0.3, 0.4) is 0 Å². The van der Waals surface area contributed by atoms with Crippen LogP contribution in [0.4, 0.5) is 0 Å². The first kappa shape index (κ1) is 12.5. The number of hydrogen-bond acceptors (Lipinski definition) is 2. The zero-order chi connectivity index (χ0) is 12.5. The highest BCUT2D eigenvalue weighted by Crippen LogP contribution is 2.47. The first-order valence-corrected chi connectivity index (χ1v) is 7.76. The minimum absolute atomic E-state index is 0.0624. The molecule has 18 heavy (non-hydrogen) atoms. The number of fused-ring (bicyclic) bond motifs is 2. The molecular formula is C15H26N2O. The fourth-order valence-corrected chi connectivity index (χ4v) is 4.33. The lowest BCUT2D eigenvalue weighted by Crippen LogP contribution is -2.50. The molecule has 3 nitrogen and oxygen atoms in total. The summed E-state index contributed by atoms with van der Waals surface area (Å²) >= 11 is 0. The van der Waals surface area contributed by atoms with Gasteiger partial charge in [0.1, 0.15) is 0 Å². The Labute approximate surface area is 110 Å². The van der Waals surface area contributed by atoms with Crippen molar-refractivity contribution in [2.75, 3.05) is 6.54 Å². The van der Waals surface area contributed by atoms with Gasteiger partial charge in [-0.05, 0) is 63.2 Å². The third-order valence-electron chi connectivity index (χ3n) is 5.36. The average Bonchev–Trinajstić information content (AvgIpc) is 2.98. The van der Waals surface area contributed by atoms with Crippen molar-refractivity contribution in [3.63, 3.8) is 0 Å². The summed E-state index contributed by atoms with van der Waals surface area (Å²) in [7, 11) is 0. The topological polar surface area (TPSA) is 41.1 Å². The Balaban J connectivity index is 1.44. The van der Waals surface area contributed by atoms with E-state index in [1.807, 2.05) is 0 Å². The summed E-state index contributed by atoms with van der Waals surface area (Å²) in [4.78, 5) is 12.1. The molecule has 5 unspecified atom stereocenters. The molecule has 1 saturated heterocycles. The maximum atomic E-state index is 12.1. The second kappa shape index (κ2) is 5.20. The van der Waals surface area contributed by atoms with E-state index in [0.717, 1.165) is 30.7 Å². The van der Waals surface area contributed by atoms with Crippen LogP contribution in [0, 0.1) is 17.8 Å².